The third-order valence-electron chi connectivity index (χ3n) is 3.30. The van der Waals surface area contributed by atoms with Gasteiger partial charge in [0.25, 0.3) is 0 Å². The van der Waals surface area contributed by atoms with Gasteiger partial charge in [-0.05, 0) is 36.3 Å². The first kappa shape index (κ1) is 15.5. The lowest BCUT2D eigenvalue weighted by Crippen LogP contribution is -2.24. The maximum absolute atomic E-state index is 11.1. The fourth-order valence-electron chi connectivity index (χ4n) is 2.19. The van der Waals surface area contributed by atoms with Gasteiger partial charge in [0.2, 0.25) is 0 Å². The van der Waals surface area contributed by atoms with Gasteiger partial charge in [-0.1, -0.05) is 17.7 Å². The van der Waals surface area contributed by atoms with Crippen LogP contribution < -0.4 is 10.5 Å². The molecule has 1 heterocycles. The van der Waals surface area contributed by atoms with Crippen molar-refractivity contribution < 1.29 is 14.6 Å². The summed E-state index contributed by atoms with van der Waals surface area (Å²) in [6.45, 7) is 0.0468. The number of carboxylic acids is 1. The number of thioether (sulfide) groups is 1. The van der Waals surface area contributed by atoms with Crippen molar-refractivity contribution in [3.63, 3.8) is 0 Å². The van der Waals surface area contributed by atoms with Crippen LogP contribution in [-0.2, 0) is 4.79 Å². The highest BCUT2D eigenvalue weighted by Gasteiger charge is 2.21. The molecule has 0 aromatic heterocycles. The van der Waals surface area contributed by atoms with Gasteiger partial charge in [0.1, 0.15) is 11.9 Å². The second-order valence-electron chi connectivity index (χ2n) is 4.77. The molecule has 2 atom stereocenters. The third-order valence-corrected chi connectivity index (χ3v) is 4.78. The van der Waals surface area contributed by atoms with Crippen LogP contribution in [0.5, 0.6) is 5.75 Å². The molecule has 1 aromatic carbocycles. The van der Waals surface area contributed by atoms with Crippen LogP contribution in [0.15, 0.2) is 18.2 Å². The van der Waals surface area contributed by atoms with E-state index in [4.69, 9.17) is 27.2 Å². The van der Waals surface area contributed by atoms with Gasteiger partial charge in [0.15, 0.2) is 0 Å². The fraction of sp³-hybridized carbons (Fsp3) is 0.500. The van der Waals surface area contributed by atoms with Crippen LogP contribution in [0.1, 0.15) is 24.3 Å². The van der Waals surface area contributed by atoms with Crippen LogP contribution in [0.4, 0.5) is 0 Å². The number of halogens is 1. The number of hydrogen-bond acceptors (Lipinski definition) is 4. The monoisotopic (exact) mass is 315 g/mol. The number of rotatable bonds is 5. The van der Waals surface area contributed by atoms with Crippen LogP contribution in [0.25, 0.3) is 0 Å². The van der Waals surface area contributed by atoms with Gasteiger partial charge in [-0.25, -0.2) is 0 Å². The van der Waals surface area contributed by atoms with Crippen LogP contribution >= 0.6 is 23.4 Å². The van der Waals surface area contributed by atoms with Gasteiger partial charge in [-0.2, -0.15) is 11.8 Å². The Morgan fingerprint density at radius 2 is 2.40 bits per heavy atom. The smallest absolute Gasteiger partial charge is 0.312 e. The highest BCUT2D eigenvalue weighted by atomic mass is 35.5. The molecule has 1 fully saturated rings. The van der Waals surface area contributed by atoms with Crippen molar-refractivity contribution in [2.45, 2.75) is 24.9 Å². The van der Waals surface area contributed by atoms with Crippen molar-refractivity contribution in [3.05, 3.63) is 28.8 Å². The van der Waals surface area contributed by atoms with Gasteiger partial charge >= 0.3 is 5.97 Å². The first-order valence-corrected chi connectivity index (χ1v) is 8.11. The standard InChI is InChI=1S/C14H18ClNO3S/c15-12-6-9(11(7-16)14(17)18)3-4-13(12)19-10-2-1-5-20-8-10/h3-4,6,10-11H,1-2,5,7-8,16H2,(H,17,18). The highest BCUT2D eigenvalue weighted by Crippen LogP contribution is 2.31. The third kappa shape index (κ3) is 3.81. The average molecular weight is 316 g/mol. The number of ether oxygens (including phenoxy) is 1. The molecule has 0 saturated carbocycles. The molecule has 1 saturated heterocycles. The highest BCUT2D eigenvalue weighted by molar-refractivity contribution is 7.99. The second kappa shape index (κ2) is 7.20. The van der Waals surface area contributed by atoms with E-state index in [-0.39, 0.29) is 12.6 Å². The zero-order chi connectivity index (χ0) is 14.5. The van der Waals surface area contributed by atoms with Crippen molar-refractivity contribution in [3.8, 4) is 5.75 Å². The van der Waals surface area contributed by atoms with E-state index >= 15 is 0 Å². The molecule has 20 heavy (non-hydrogen) atoms. The molecule has 2 unspecified atom stereocenters. The van der Waals surface area contributed by atoms with Crippen LogP contribution in [0.2, 0.25) is 5.02 Å². The summed E-state index contributed by atoms with van der Waals surface area (Å²) in [5.41, 5.74) is 6.09. The van der Waals surface area contributed by atoms with Gasteiger partial charge < -0.3 is 15.6 Å². The molecule has 2 rings (SSSR count). The maximum Gasteiger partial charge on any atom is 0.312 e. The van der Waals surface area contributed by atoms with Crippen molar-refractivity contribution >= 4 is 29.3 Å². The molecule has 0 spiro atoms. The quantitative estimate of drug-likeness (QED) is 0.874. The van der Waals surface area contributed by atoms with E-state index in [1.165, 1.54) is 5.75 Å². The van der Waals surface area contributed by atoms with E-state index in [1.807, 2.05) is 11.8 Å². The summed E-state index contributed by atoms with van der Waals surface area (Å²) in [6.07, 6.45) is 2.37. The molecule has 3 N–H and O–H groups in total. The SMILES string of the molecule is NCC(C(=O)O)c1ccc(OC2CCCSC2)c(Cl)c1. The first-order chi connectivity index (χ1) is 9.61. The summed E-state index contributed by atoms with van der Waals surface area (Å²) >= 11 is 8.07. The Kier molecular flexibility index (Phi) is 5.57. The van der Waals surface area contributed by atoms with E-state index in [9.17, 15) is 4.79 Å². The van der Waals surface area contributed by atoms with Crippen LogP contribution in [0, 0.1) is 0 Å². The van der Waals surface area contributed by atoms with Gasteiger partial charge in [0.05, 0.1) is 10.9 Å². The van der Waals surface area contributed by atoms with E-state index in [0.29, 0.717) is 16.3 Å². The minimum Gasteiger partial charge on any atom is -0.488 e. The average Bonchev–Trinajstić information content (AvgIpc) is 2.43. The normalized spacial score (nSPS) is 20.4. The number of benzene rings is 1. The molecule has 1 aromatic rings. The van der Waals surface area contributed by atoms with Gasteiger partial charge in [0, 0.05) is 12.3 Å². The molecule has 0 amide bonds. The Balaban J connectivity index is 2.10. The van der Waals surface area contributed by atoms with E-state index in [1.54, 1.807) is 18.2 Å². The molecule has 0 aliphatic carbocycles. The topological polar surface area (TPSA) is 72.6 Å². The Morgan fingerprint density at radius 1 is 1.60 bits per heavy atom. The van der Waals surface area contributed by atoms with Crippen LogP contribution in [0.3, 0.4) is 0 Å². The molecule has 0 bridgehead atoms. The van der Waals surface area contributed by atoms with Crippen molar-refractivity contribution in [2.24, 2.45) is 5.73 Å². The fourth-order valence-corrected chi connectivity index (χ4v) is 3.46. The van der Waals surface area contributed by atoms with E-state index in [0.717, 1.165) is 18.6 Å². The number of carbonyl (C=O) groups is 1. The van der Waals surface area contributed by atoms with E-state index in [2.05, 4.69) is 0 Å². The summed E-state index contributed by atoms with van der Waals surface area (Å²) in [4.78, 5) is 11.1. The summed E-state index contributed by atoms with van der Waals surface area (Å²) in [7, 11) is 0. The van der Waals surface area contributed by atoms with Crippen molar-refractivity contribution in [1.82, 2.24) is 0 Å². The Morgan fingerprint density at radius 3 is 2.95 bits per heavy atom. The zero-order valence-corrected chi connectivity index (χ0v) is 12.6. The largest absolute Gasteiger partial charge is 0.488 e. The molecule has 110 valence electrons. The second-order valence-corrected chi connectivity index (χ2v) is 6.33. The predicted octanol–water partition coefficient (Wildman–Crippen LogP) is 2.74. The molecular formula is C14H18ClNO3S. The molecule has 6 heteroatoms. The van der Waals surface area contributed by atoms with Gasteiger partial charge in [-0.3, -0.25) is 4.79 Å². The molecule has 1 aliphatic heterocycles. The lowest BCUT2D eigenvalue weighted by Gasteiger charge is -2.23. The predicted molar refractivity (Wildman–Crippen MR) is 81.9 cm³/mol. The van der Waals surface area contributed by atoms with Crippen molar-refractivity contribution in [2.75, 3.05) is 18.1 Å². The van der Waals surface area contributed by atoms with Crippen LogP contribution in [-0.4, -0.2) is 35.2 Å². The number of carboxylic acid groups (broad SMARTS) is 1. The summed E-state index contributed by atoms with van der Waals surface area (Å²) < 4.78 is 5.88. The van der Waals surface area contributed by atoms with Crippen molar-refractivity contribution in [1.29, 1.82) is 0 Å². The lowest BCUT2D eigenvalue weighted by atomic mass is 9.99. The number of nitrogens with two attached hydrogens (primary N) is 1. The molecular weight excluding hydrogens is 298 g/mol. The maximum atomic E-state index is 11.1. The molecule has 0 radical (unpaired) electrons. The lowest BCUT2D eigenvalue weighted by molar-refractivity contribution is -0.138. The minimum atomic E-state index is -0.944. The summed E-state index contributed by atoms with van der Waals surface area (Å²) in [6, 6.07) is 5.10. The molecule has 4 nitrogen and oxygen atoms in total. The first-order valence-electron chi connectivity index (χ1n) is 6.58. The number of hydrogen-bond donors (Lipinski definition) is 2. The molecule has 1 aliphatic rings. The Bertz CT molecular complexity index is 477. The van der Waals surface area contributed by atoms with E-state index < -0.39 is 11.9 Å². The zero-order valence-electron chi connectivity index (χ0n) is 11.0. The summed E-state index contributed by atoms with van der Waals surface area (Å²) in [5, 5.41) is 9.53. The minimum absolute atomic E-state index is 0.0468. The number of aliphatic carboxylic acids is 1. The Labute approximate surface area is 127 Å². The van der Waals surface area contributed by atoms with Gasteiger partial charge in [-0.15, -0.1) is 0 Å². The summed E-state index contributed by atoms with van der Waals surface area (Å²) in [5.74, 6) is 1.10. The Hall–Kier alpha value is -0.910.